The Morgan fingerprint density at radius 3 is 2.58 bits per heavy atom. The number of nitrogens with one attached hydrogen (secondary N) is 1. The normalized spacial score (nSPS) is 10.7. The molecule has 2 rings (SSSR count). The topological polar surface area (TPSA) is 47.6 Å². The number of hydrogen-bond donors (Lipinski definition) is 1. The summed E-state index contributed by atoms with van der Waals surface area (Å²) in [4.78, 5) is 12.0. The van der Waals surface area contributed by atoms with E-state index in [-0.39, 0.29) is 5.91 Å². The molecule has 0 unspecified atom stereocenters. The smallest absolute Gasteiger partial charge is 0.244 e. The maximum absolute atomic E-state index is 12.0. The zero-order valence-corrected chi connectivity index (χ0v) is 15.5. The van der Waals surface area contributed by atoms with Crippen LogP contribution in [0.25, 0.3) is 6.08 Å². The van der Waals surface area contributed by atoms with Gasteiger partial charge in [0, 0.05) is 18.2 Å². The van der Waals surface area contributed by atoms with E-state index in [1.165, 1.54) is 11.6 Å². The van der Waals surface area contributed by atoms with E-state index < -0.39 is 0 Å². The zero-order valence-electron chi connectivity index (χ0n) is 15.5. The van der Waals surface area contributed by atoms with Gasteiger partial charge in [0.15, 0.2) is 0 Å². The Labute approximate surface area is 155 Å². The van der Waals surface area contributed by atoms with Crippen LogP contribution in [-0.4, -0.2) is 26.2 Å². The molecule has 0 aliphatic heterocycles. The van der Waals surface area contributed by atoms with E-state index in [1.807, 2.05) is 42.5 Å². The van der Waals surface area contributed by atoms with Crippen molar-refractivity contribution in [3.05, 3.63) is 65.7 Å². The maximum Gasteiger partial charge on any atom is 0.244 e. The van der Waals surface area contributed by atoms with Gasteiger partial charge in [-0.1, -0.05) is 43.3 Å². The van der Waals surface area contributed by atoms with E-state index in [0.29, 0.717) is 6.54 Å². The summed E-state index contributed by atoms with van der Waals surface area (Å²) in [5, 5.41) is 2.92. The molecule has 0 aromatic heterocycles. The monoisotopic (exact) mass is 353 g/mol. The van der Waals surface area contributed by atoms with Gasteiger partial charge in [0.1, 0.15) is 11.5 Å². The van der Waals surface area contributed by atoms with Crippen LogP contribution in [0.2, 0.25) is 0 Å². The summed E-state index contributed by atoms with van der Waals surface area (Å²) in [6.45, 7) is 3.44. The lowest BCUT2D eigenvalue weighted by atomic mass is 10.1. The Morgan fingerprint density at radius 1 is 1.08 bits per heavy atom. The van der Waals surface area contributed by atoms with Crippen molar-refractivity contribution in [2.75, 3.05) is 20.3 Å². The van der Waals surface area contributed by atoms with Crippen LogP contribution in [0.1, 0.15) is 30.9 Å². The number of carbonyl (C=O) groups is 1. The highest BCUT2D eigenvalue weighted by atomic mass is 16.5. The number of methoxy groups -OCH3 is 1. The second kappa shape index (κ2) is 11.0. The predicted molar refractivity (Wildman–Crippen MR) is 106 cm³/mol. The van der Waals surface area contributed by atoms with Gasteiger partial charge in [-0.3, -0.25) is 4.79 Å². The Kier molecular flexibility index (Phi) is 8.27. The fraction of sp³-hybridized carbons (Fsp3) is 0.318. The summed E-state index contributed by atoms with van der Waals surface area (Å²) in [5.41, 5.74) is 2.06. The second-order valence-corrected chi connectivity index (χ2v) is 5.93. The molecule has 2 aromatic rings. The van der Waals surface area contributed by atoms with Gasteiger partial charge >= 0.3 is 0 Å². The maximum atomic E-state index is 12.0. The van der Waals surface area contributed by atoms with E-state index in [2.05, 4.69) is 18.3 Å². The van der Waals surface area contributed by atoms with Crippen LogP contribution in [0.15, 0.2) is 54.6 Å². The quantitative estimate of drug-likeness (QED) is 0.513. The number of rotatable bonds is 10. The number of benzene rings is 2. The van der Waals surface area contributed by atoms with Crippen LogP contribution in [0.5, 0.6) is 11.5 Å². The van der Waals surface area contributed by atoms with Crippen molar-refractivity contribution in [3.8, 4) is 11.5 Å². The van der Waals surface area contributed by atoms with Crippen LogP contribution in [-0.2, 0) is 11.2 Å². The minimum atomic E-state index is -0.105. The molecule has 26 heavy (non-hydrogen) atoms. The average Bonchev–Trinajstić information content (AvgIpc) is 2.69. The molecule has 1 amide bonds. The van der Waals surface area contributed by atoms with Crippen LogP contribution in [0.4, 0.5) is 0 Å². The molecular formula is C22H27NO3. The lowest BCUT2D eigenvalue weighted by molar-refractivity contribution is -0.116. The molecule has 0 fully saturated rings. The van der Waals surface area contributed by atoms with Crippen molar-refractivity contribution in [1.29, 1.82) is 0 Å². The first-order valence-electron chi connectivity index (χ1n) is 9.04. The number of ether oxygens (including phenoxy) is 2. The lowest BCUT2D eigenvalue weighted by Gasteiger charge is -2.10. The minimum Gasteiger partial charge on any atom is -0.496 e. The average molecular weight is 353 g/mol. The van der Waals surface area contributed by atoms with Gasteiger partial charge in [-0.15, -0.1) is 0 Å². The molecule has 0 spiro atoms. The summed E-state index contributed by atoms with van der Waals surface area (Å²) in [7, 11) is 1.62. The zero-order chi connectivity index (χ0) is 18.6. The number of amides is 1. The molecule has 2 aromatic carbocycles. The highest BCUT2D eigenvalue weighted by Gasteiger charge is 2.03. The molecule has 138 valence electrons. The Hall–Kier alpha value is -2.75. The van der Waals surface area contributed by atoms with Gasteiger partial charge in [0.2, 0.25) is 5.91 Å². The van der Waals surface area contributed by atoms with Crippen LogP contribution in [0, 0.1) is 0 Å². The molecule has 1 N–H and O–H groups in total. The second-order valence-electron chi connectivity index (χ2n) is 5.93. The van der Waals surface area contributed by atoms with E-state index in [4.69, 9.17) is 9.47 Å². The largest absolute Gasteiger partial charge is 0.496 e. The Balaban J connectivity index is 1.78. The van der Waals surface area contributed by atoms with Crippen molar-refractivity contribution in [1.82, 2.24) is 5.32 Å². The number of hydrogen-bond acceptors (Lipinski definition) is 3. The molecule has 0 saturated carbocycles. The summed E-state index contributed by atoms with van der Waals surface area (Å²) < 4.78 is 11.0. The van der Waals surface area contributed by atoms with Gasteiger partial charge < -0.3 is 14.8 Å². The molecule has 0 saturated heterocycles. The molecular weight excluding hydrogens is 326 g/mol. The van der Waals surface area contributed by atoms with Gasteiger partial charge in [0.25, 0.3) is 0 Å². The fourth-order valence-electron chi connectivity index (χ4n) is 2.58. The number of aryl methyl sites for hydroxylation is 1. The van der Waals surface area contributed by atoms with Crippen molar-refractivity contribution >= 4 is 12.0 Å². The molecule has 0 bridgehead atoms. The van der Waals surface area contributed by atoms with Crippen molar-refractivity contribution < 1.29 is 14.3 Å². The van der Waals surface area contributed by atoms with Gasteiger partial charge in [-0.05, 0) is 43.0 Å². The highest BCUT2D eigenvalue weighted by Crippen LogP contribution is 2.20. The third-order valence-electron chi connectivity index (χ3n) is 3.91. The molecule has 0 atom stereocenters. The third-order valence-corrected chi connectivity index (χ3v) is 3.91. The first-order chi connectivity index (χ1) is 12.7. The predicted octanol–water partition coefficient (Wildman–Crippen LogP) is 4.25. The van der Waals surface area contributed by atoms with Crippen LogP contribution < -0.4 is 14.8 Å². The van der Waals surface area contributed by atoms with Crippen molar-refractivity contribution in [3.63, 3.8) is 0 Å². The summed E-state index contributed by atoms with van der Waals surface area (Å²) in [6, 6.07) is 15.7. The van der Waals surface area contributed by atoms with E-state index in [0.717, 1.165) is 42.9 Å². The van der Waals surface area contributed by atoms with Crippen molar-refractivity contribution in [2.24, 2.45) is 0 Å². The highest BCUT2D eigenvalue weighted by molar-refractivity contribution is 5.92. The Morgan fingerprint density at radius 2 is 1.81 bits per heavy atom. The molecule has 0 radical (unpaired) electrons. The van der Waals surface area contributed by atoms with Gasteiger partial charge in [-0.2, -0.15) is 0 Å². The summed E-state index contributed by atoms with van der Waals surface area (Å²) >= 11 is 0. The summed E-state index contributed by atoms with van der Waals surface area (Å²) in [5.74, 6) is 1.59. The minimum absolute atomic E-state index is 0.105. The first kappa shape index (κ1) is 19.6. The molecule has 0 heterocycles. The molecule has 0 aliphatic rings. The van der Waals surface area contributed by atoms with E-state index in [1.54, 1.807) is 13.2 Å². The lowest BCUT2D eigenvalue weighted by Crippen LogP contribution is -2.22. The standard InChI is InChI=1S/C22H27NO3/c1-3-17-26-21-13-7-5-9-18(21)11-8-16-23-22(24)15-14-19-10-4-6-12-20(19)25-2/h4-7,9-10,12-15H,3,8,11,16-17H2,1-2H3,(H,23,24)/b15-14+. The first-order valence-corrected chi connectivity index (χ1v) is 9.04. The summed E-state index contributed by atoms with van der Waals surface area (Å²) in [6.07, 6.45) is 6.03. The SMILES string of the molecule is CCCOc1ccccc1CCCNC(=O)/C=C/c1ccccc1OC. The Bertz CT molecular complexity index is 725. The van der Waals surface area contributed by atoms with Crippen LogP contribution in [0.3, 0.4) is 0 Å². The van der Waals surface area contributed by atoms with Crippen molar-refractivity contribution in [2.45, 2.75) is 26.2 Å². The number of para-hydroxylation sites is 2. The van der Waals surface area contributed by atoms with E-state index >= 15 is 0 Å². The number of carbonyl (C=O) groups excluding carboxylic acids is 1. The third kappa shape index (κ3) is 6.28. The van der Waals surface area contributed by atoms with Gasteiger partial charge in [-0.25, -0.2) is 0 Å². The van der Waals surface area contributed by atoms with Gasteiger partial charge in [0.05, 0.1) is 13.7 Å². The fourth-order valence-corrected chi connectivity index (χ4v) is 2.58. The molecule has 4 heteroatoms. The molecule has 4 nitrogen and oxygen atoms in total. The van der Waals surface area contributed by atoms with Crippen LogP contribution >= 0.6 is 0 Å². The molecule has 0 aliphatic carbocycles. The van der Waals surface area contributed by atoms with E-state index in [9.17, 15) is 4.79 Å².